The number of hydrogen-bond acceptors (Lipinski definition) is 3. The van der Waals surface area contributed by atoms with Gasteiger partial charge in [-0.1, -0.05) is 35.9 Å². The molecular formula is C17H18ClNO2. The lowest BCUT2D eigenvalue weighted by atomic mass is 9.98. The highest BCUT2D eigenvalue weighted by atomic mass is 35.5. The smallest absolute Gasteiger partial charge is 0.159 e. The van der Waals surface area contributed by atoms with Crippen LogP contribution in [0.1, 0.15) is 35.4 Å². The second-order valence-corrected chi connectivity index (χ2v) is 5.37. The molecule has 0 aliphatic heterocycles. The SMILES string of the molecule is CC(=O)c1ccc(Cl)c(-c2ccc(C(O)CCN)cc2)c1. The van der Waals surface area contributed by atoms with Crippen LogP contribution in [-0.2, 0) is 0 Å². The van der Waals surface area contributed by atoms with Crippen LogP contribution < -0.4 is 5.73 Å². The van der Waals surface area contributed by atoms with Crippen LogP contribution in [0.15, 0.2) is 42.5 Å². The summed E-state index contributed by atoms with van der Waals surface area (Å²) in [4.78, 5) is 11.5. The quantitative estimate of drug-likeness (QED) is 0.830. The maximum Gasteiger partial charge on any atom is 0.159 e. The summed E-state index contributed by atoms with van der Waals surface area (Å²) >= 11 is 6.21. The van der Waals surface area contributed by atoms with Crippen LogP contribution in [0.5, 0.6) is 0 Å². The highest BCUT2D eigenvalue weighted by Crippen LogP contribution is 2.30. The molecule has 110 valence electrons. The van der Waals surface area contributed by atoms with E-state index in [9.17, 15) is 9.90 Å². The molecule has 0 radical (unpaired) electrons. The topological polar surface area (TPSA) is 63.3 Å². The van der Waals surface area contributed by atoms with Crippen LogP contribution in [0.25, 0.3) is 11.1 Å². The maximum absolute atomic E-state index is 11.5. The van der Waals surface area contributed by atoms with Gasteiger partial charge in [-0.15, -0.1) is 0 Å². The summed E-state index contributed by atoms with van der Waals surface area (Å²) < 4.78 is 0. The molecule has 2 aromatic rings. The number of halogens is 1. The van der Waals surface area contributed by atoms with E-state index in [1.807, 2.05) is 24.3 Å². The summed E-state index contributed by atoms with van der Waals surface area (Å²) in [5.74, 6) is 0.00269. The summed E-state index contributed by atoms with van der Waals surface area (Å²) in [5, 5.41) is 10.5. The maximum atomic E-state index is 11.5. The number of Topliss-reactive ketones (excluding diaryl/α,β-unsaturated/α-hetero) is 1. The molecule has 1 atom stereocenters. The number of aliphatic hydroxyl groups is 1. The van der Waals surface area contributed by atoms with Crippen molar-refractivity contribution in [3.63, 3.8) is 0 Å². The Kier molecular flexibility index (Phi) is 5.12. The van der Waals surface area contributed by atoms with E-state index in [4.69, 9.17) is 17.3 Å². The average molecular weight is 304 g/mol. The lowest BCUT2D eigenvalue weighted by Crippen LogP contribution is -2.06. The molecule has 4 heteroatoms. The fraction of sp³-hybridized carbons (Fsp3) is 0.235. The minimum Gasteiger partial charge on any atom is -0.388 e. The Morgan fingerprint density at radius 1 is 1.24 bits per heavy atom. The number of carbonyl (C=O) groups is 1. The molecule has 0 saturated carbocycles. The van der Waals surface area contributed by atoms with Gasteiger partial charge in [0.25, 0.3) is 0 Å². The summed E-state index contributed by atoms with van der Waals surface area (Å²) in [7, 11) is 0. The first-order chi connectivity index (χ1) is 10.0. The summed E-state index contributed by atoms with van der Waals surface area (Å²) in [6.45, 7) is 1.97. The molecule has 2 rings (SSSR count). The van der Waals surface area contributed by atoms with Gasteiger partial charge in [0.2, 0.25) is 0 Å². The molecule has 2 aromatic carbocycles. The van der Waals surface area contributed by atoms with E-state index in [-0.39, 0.29) is 5.78 Å². The summed E-state index contributed by atoms with van der Waals surface area (Å²) in [6.07, 6.45) is -0.0250. The van der Waals surface area contributed by atoms with Crippen LogP contribution in [-0.4, -0.2) is 17.4 Å². The Morgan fingerprint density at radius 3 is 2.48 bits per heavy atom. The van der Waals surface area contributed by atoms with Crippen molar-refractivity contribution in [3.8, 4) is 11.1 Å². The number of nitrogens with two attached hydrogens (primary N) is 1. The van der Waals surface area contributed by atoms with Crippen LogP contribution in [0.4, 0.5) is 0 Å². The zero-order valence-electron chi connectivity index (χ0n) is 11.8. The molecule has 1 unspecified atom stereocenters. The van der Waals surface area contributed by atoms with Gasteiger partial charge in [0.05, 0.1) is 6.10 Å². The monoisotopic (exact) mass is 303 g/mol. The van der Waals surface area contributed by atoms with Gasteiger partial charge >= 0.3 is 0 Å². The van der Waals surface area contributed by atoms with Crippen molar-refractivity contribution in [1.82, 2.24) is 0 Å². The minimum atomic E-state index is -0.553. The molecule has 0 amide bonds. The van der Waals surface area contributed by atoms with E-state index in [1.165, 1.54) is 6.92 Å². The lowest BCUT2D eigenvalue weighted by Gasteiger charge is -2.11. The molecule has 0 aliphatic rings. The van der Waals surface area contributed by atoms with E-state index in [2.05, 4.69) is 0 Å². The van der Waals surface area contributed by atoms with Gasteiger partial charge in [0.1, 0.15) is 0 Å². The van der Waals surface area contributed by atoms with E-state index >= 15 is 0 Å². The van der Waals surface area contributed by atoms with E-state index in [0.29, 0.717) is 23.6 Å². The second-order valence-electron chi connectivity index (χ2n) is 4.97. The van der Waals surface area contributed by atoms with Crippen molar-refractivity contribution in [1.29, 1.82) is 0 Å². The fourth-order valence-corrected chi connectivity index (χ4v) is 2.40. The third-order valence-electron chi connectivity index (χ3n) is 3.42. The van der Waals surface area contributed by atoms with Crippen LogP contribution in [0.3, 0.4) is 0 Å². The first-order valence-electron chi connectivity index (χ1n) is 6.82. The third-order valence-corrected chi connectivity index (χ3v) is 3.75. The zero-order chi connectivity index (χ0) is 15.4. The van der Waals surface area contributed by atoms with Crippen LogP contribution in [0.2, 0.25) is 5.02 Å². The van der Waals surface area contributed by atoms with Crippen molar-refractivity contribution in [3.05, 3.63) is 58.6 Å². The van der Waals surface area contributed by atoms with E-state index < -0.39 is 6.10 Å². The highest BCUT2D eigenvalue weighted by molar-refractivity contribution is 6.33. The molecule has 0 bridgehead atoms. The molecule has 21 heavy (non-hydrogen) atoms. The number of benzene rings is 2. The van der Waals surface area contributed by atoms with Crippen molar-refractivity contribution in [2.75, 3.05) is 6.54 Å². The normalized spacial score (nSPS) is 12.2. The van der Waals surface area contributed by atoms with E-state index in [0.717, 1.165) is 16.7 Å². The highest BCUT2D eigenvalue weighted by Gasteiger charge is 2.10. The third kappa shape index (κ3) is 3.70. The molecule has 3 N–H and O–H groups in total. The van der Waals surface area contributed by atoms with Gasteiger partial charge in [0.15, 0.2) is 5.78 Å². The van der Waals surface area contributed by atoms with Gasteiger partial charge in [-0.05, 0) is 49.2 Å². The van der Waals surface area contributed by atoms with Gasteiger partial charge in [-0.3, -0.25) is 4.79 Å². The molecule has 0 spiro atoms. The van der Waals surface area contributed by atoms with Gasteiger partial charge in [-0.2, -0.15) is 0 Å². The van der Waals surface area contributed by atoms with Gasteiger partial charge in [-0.25, -0.2) is 0 Å². The number of carbonyl (C=O) groups excluding carboxylic acids is 1. The first-order valence-corrected chi connectivity index (χ1v) is 7.19. The Balaban J connectivity index is 2.34. The number of rotatable bonds is 5. The van der Waals surface area contributed by atoms with Crippen molar-refractivity contribution >= 4 is 17.4 Å². The zero-order valence-corrected chi connectivity index (χ0v) is 12.6. The molecule has 0 heterocycles. The van der Waals surface area contributed by atoms with Crippen molar-refractivity contribution in [2.45, 2.75) is 19.4 Å². The number of ketones is 1. The lowest BCUT2D eigenvalue weighted by molar-refractivity contribution is 0.101. The van der Waals surface area contributed by atoms with Crippen molar-refractivity contribution < 1.29 is 9.90 Å². The minimum absolute atomic E-state index is 0.00269. The molecule has 0 fully saturated rings. The Bertz CT molecular complexity index is 638. The molecule has 0 aliphatic carbocycles. The van der Waals surface area contributed by atoms with Gasteiger partial charge in [0, 0.05) is 16.1 Å². The molecule has 3 nitrogen and oxygen atoms in total. The predicted molar refractivity (Wildman–Crippen MR) is 85.5 cm³/mol. The number of aliphatic hydroxyl groups excluding tert-OH is 1. The van der Waals surface area contributed by atoms with Gasteiger partial charge < -0.3 is 10.8 Å². The van der Waals surface area contributed by atoms with E-state index in [1.54, 1.807) is 18.2 Å². The van der Waals surface area contributed by atoms with Crippen molar-refractivity contribution in [2.24, 2.45) is 5.73 Å². The largest absolute Gasteiger partial charge is 0.388 e. The fourth-order valence-electron chi connectivity index (χ4n) is 2.17. The summed E-state index contributed by atoms with van der Waals surface area (Å²) in [5.41, 5.74) is 8.61. The first kappa shape index (κ1) is 15.7. The molecular weight excluding hydrogens is 286 g/mol. The summed E-state index contributed by atoms with van der Waals surface area (Å²) in [6, 6.07) is 12.7. The van der Waals surface area contributed by atoms with Crippen LogP contribution >= 0.6 is 11.6 Å². The number of hydrogen-bond donors (Lipinski definition) is 2. The second kappa shape index (κ2) is 6.85. The molecule has 0 saturated heterocycles. The predicted octanol–water partition coefficient (Wildman–Crippen LogP) is 3.59. The molecule has 0 aromatic heterocycles. The Labute approximate surface area is 129 Å². The average Bonchev–Trinajstić information content (AvgIpc) is 2.48. The van der Waals surface area contributed by atoms with Crippen LogP contribution in [0, 0.1) is 0 Å². The standard InChI is InChI=1S/C17H18ClNO2/c1-11(20)14-6-7-16(18)15(10-14)12-2-4-13(5-3-12)17(21)8-9-19/h2-7,10,17,21H,8-9,19H2,1H3. The Hall–Kier alpha value is -1.68. The Morgan fingerprint density at radius 2 is 1.90 bits per heavy atom.